The van der Waals surface area contributed by atoms with Gasteiger partial charge in [-0.2, -0.15) is 10.2 Å². The molecular formula is C23H27N5O. The summed E-state index contributed by atoms with van der Waals surface area (Å²) < 4.78 is 2.05. The maximum Gasteiger partial charge on any atom is 0.272 e. The Morgan fingerprint density at radius 2 is 2.07 bits per heavy atom. The van der Waals surface area contributed by atoms with Gasteiger partial charge in [-0.05, 0) is 55.7 Å². The lowest BCUT2D eigenvalue weighted by Crippen LogP contribution is -2.37. The van der Waals surface area contributed by atoms with Crippen molar-refractivity contribution in [2.75, 3.05) is 0 Å². The van der Waals surface area contributed by atoms with Crippen molar-refractivity contribution in [2.45, 2.75) is 58.4 Å². The van der Waals surface area contributed by atoms with Crippen LogP contribution in [0.2, 0.25) is 0 Å². The van der Waals surface area contributed by atoms with E-state index < -0.39 is 0 Å². The molecule has 6 nitrogen and oxygen atoms in total. The average molecular weight is 390 g/mol. The van der Waals surface area contributed by atoms with Crippen LogP contribution in [0.4, 0.5) is 0 Å². The number of para-hydroxylation sites is 1. The second kappa shape index (κ2) is 6.58. The highest BCUT2D eigenvalue weighted by atomic mass is 16.2. The zero-order chi connectivity index (χ0) is 20.2. The van der Waals surface area contributed by atoms with Gasteiger partial charge in [0.25, 0.3) is 5.91 Å². The van der Waals surface area contributed by atoms with Crippen molar-refractivity contribution in [3.05, 3.63) is 64.7 Å². The van der Waals surface area contributed by atoms with E-state index in [9.17, 15) is 4.79 Å². The Kier molecular flexibility index (Phi) is 4.12. The minimum atomic E-state index is -0.120. The minimum absolute atomic E-state index is 0.0656. The number of hydrogen-bond donors (Lipinski definition) is 2. The topological polar surface area (TPSA) is 75.6 Å². The van der Waals surface area contributed by atoms with Crippen molar-refractivity contribution in [3.63, 3.8) is 0 Å². The first-order valence-electron chi connectivity index (χ1n) is 10.4. The van der Waals surface area contributed by atoms with Crippen LogP contribution in [-0.2, 0) is 6.42 Å². The van der Waals surface area contributed by atoms with E-state index in [2.05, 4.69) is 48.4 Å². The number of aryl methyl sites for hydroxylation is 1. The van der Waals surface area contributed by atoms with Crippen molar-refractivity contribution in [1.29, 1.82) is 0 Å². The summed E-state index contributed by atoms with van der Waals surface area (Å²) in [5.41, 5.74) is 6.19. The maximum atomic E-state index is 12.9. The molecule has 1 fully saturated rings. The number of aromatic amines is 1. The Labute approximate surface area is 170 Å². The molecule has 0 spiro atoms. The van der Waals surface area contributed by atoms with Crippen molar-refractivity contribution < 1.29 is 4.79 Å². The quantitative estimate of drug-likeness (QED) is 0.701. The van der Waals surface area contributed by atoms with E-state index >= 15 is 0 Å². The van der Waals surface area contributed by atoms with Crippen LogP contribution in [0, 0.1) is 12.3 Å². The SMILES string of the molecule is Cc1ccccc1-n1ncc2c1CC(C)(C)C[C@@H]2NC(=O)c1cc(C2CC2)[nH]n1. The summed E-state index contributed by atoms with van der Waals surface area (Å²) in [5, 5.41) is 15.2. The number of nitrogens with zero attached hydrogens (tertiary/aromatic N) is 3. The van der Waals surface area contributed by atoms with Crippen LogP contribution in [0.15, 0.2) is 36.5 Å². The largest absolute Gasteiger partial charge is 0.344 e. The molecule has 5 rings (SSSR count). The number of benzene rings is 1. The van der Waals surface area contributed by atoms with Gasteiger partial charge in [0.1, 0.15) is 5.69 Å². The van der Waals surface area contributed by atoms with E-state index in [1.807, 2.05) is 29.1 Å². The van der Waals surface area contributed by atoms with E-state index in [0.29, 0.717) is 11.6 Å². The van der Waals surface area contributed by atoms with E-state index in [4.69, 9.17) is 5.10 Å². The van der Waals surface area contributed by atoms with E-state index in [-0.39, 0.29) is 17.4 Å². The fourth-order valence-corrected chi connectivity index (χ4v) is 4.47. The molecule has 2 N–H and O–H groups in total. The van der Waals surface area contributed by atoms with Gasteiger partial charge in [0.2, 0.25) is 0 Å². The van der Waals surface area contributed by atoms with Crippen LogP contribution < -0.4 is 5.32 Å². The number of nitrogens with one attached hydrogen (secondary N) is 2. The van der Waals surface area contributed by atoms with Gasteiger partial charge in [0.05, 0.1) is 23.6 Å². The Balaban J connectivity index is 1.46. The first-order valence-corrected chi connectivity index (χ1v) is 10.4. The molecule has 3 aromatic rings. The number of carbonyl (C=O) groups is 1. The number of H-pyrrole nitrogens is 1. The molecule has 1 amide bonds. The van der Waals surface area contributed by atoms with Crippen LogP contribution in [0.5, 0.6) is 0 Å². The molecular weight excluding hydrogens is 362 g/mol. The van der Waals surface area contributed by atoms with Gasteiger partial charge in [-0.15, -0.1) is 0 Å². The van der Waals surface area contributed by atoms with Crippen molar-refractivity contribution in [3.8, 4) is 5.69 Å². The lowest BCUT2D eigenvalue weighted by atomic mass is 9.74. The summed E-state index contributed by atoms with van der Waals surface area (Å²) in [6.07, 6.45) is 6.09. The van der Waals surface area contributed by atoms with Crippen LogP contribution >= 0.6 is 0 Å². The lowest BCUT2D eigenvalue weighted by Gasteiger charge is -2.36. The number of amides is 1. The molecule has 1 aromatic carbocycles. The predicted octanol–water partition coefficient (Wildman–Crippen LogP) is 4.22. The molecule has 0 aliphatic heterocycles. The molecule has 2 aromatic heterocycles. The van der Waals surface area contributed by atoms with Gasteiger partial charge in [0.15, 0.2) is 0 Å². The third-order valence-electron chi connectivity index (χ3n) is 6.18. The number of aromatic nitrogens is 4. The Bertz CT molecular complexity index is 1070. The van der Waals surface area contributed by atoms with Gasteiger partial charge < -0.3 is 5.32 Å². The molecule has 1 saturated carbocycles. The minimum Gasteiger partial charge on any atom is -0.344 e. The van der Waals surface area contributed by atoms with E-state index in [1.165, 1.54) is 24.1 Å². The van der Waals surface area contributed by atoms with Gasteiger partial charge in [-0.25, -0.2) is 4.68 Å². The number of fused-ring (bicyclic) bond motifs is 1. The molecule has 2 aliphatic rings. The Morgan fingerprint density at radius 1 is 1.28 bits per heavy atom. The third kappa shape index (κ3) is 3.37. The monoisotopic (exact) mass is 389 g/mol. The fourth-order valence-electron chi connectivity index (χ4n) is 4.47. The van der Waals surface area contributed by atoms with Crippen LogP contribution in [0.1, 0.15) is 78.1 Å². The average Bonchev–Trinajstić information content (AvgIpc) is 3.25. The van der Waals surface area contributed by atoms with Crippen molar-refractivity contribution >= 4 is 5.91 Å². The molecule has 0 saturated heterocycles. The van der Waals surface area contributed by atoms with Gasteiger partial charge in [-0.1, -0.05) is 32.0 Å². The molecule has 2 aliphatic carbocycles. The molecule has 0 bridgehead atoms. The summed E-state index contributed by atoms with van der Waals surface area (Å²) in [4.78, 5) is 12.9. The number of carbonyl (C=O) groups excluding carboxylic acids is 1. The number of hydrogen-bond acceptors (Lipinski definition) is 3. The lowest BCUT2D eigenvalue weighted by molar-refractivity contribution is 0.0914. The molecule has 150 valence electrons. The second-order valence-electron chi connectivity index (χ2n) is 9.30. The molecule has 0 radical (unpaired) electrons. The molecule has 2 heterocycles. The highest BCUT2D eigenvalue weighted by Crippen LogP contribution is 2.42. The predicted molar refractivity (Wildman–Crippen MR) is 111 cm³/mol. The highest BCUT2D eigenvalue weighted by molar-refractivity contribution is 5.92. The van der Waals surface area contributed by atoms with Gasteiger partial charge in [0, 0.05) is 17.2 Å². The maximum absolute atomic E-state index is 12.9. The second-order valence-corrected chi connectivity index (χ2v) is 9.30. The molecule has 6 heteroatoms. The zero-order valence-corrected chi connectivity index (χ0v) is 17.2. The van der Waals surface area contributed by atoms with Crippen molar-refractivity contribution in [2.24, 2.45) is 5.41 Å². The molecule has 1 atom stereocenters. The fraction of sp³-hybridized carbons (Fsp3) is 0.435. The summed E-state index contributed by atoms with van der Waals surface area (Å²) >= 11 is 0. The smallest absolute Gasteiger partial charge is 0.272 e. The standard InChI is InChI=1S/C23H27N5O/c1-14-6-4-5-7-20(14)28-21-12-23(2,3)11-19(16(21)13-24-28)25-22(29)18-10-17(26-27-18)15-8-9-15/h4-7,10,13,15,19H,8-9,11-12H2,1-3H3,(H,25,29)(H,26,27)/t19-/m0/s1. The van der Waals surface area contributed by atoms with Crippen LogP contribution in [0.3, 0.4) is 0 Å². The number of rotatable bonds is 4. The van der Waals surface area contributed by atoms with Gasteiger partial charge >= 0.3 is 0 Å². The molecule has 0 unspecified atom stereocenters. The summed E-state index contributed by atoms with van der Waals surface area (Å²) in [6, 6.07) is 10.1. The van der Waals surface area contributed by atoms with Crippen molar-refractivity contribution in [1.82, 2.24) is 25.3 Å². The normalized spacial score (nSPS) is 20.3. The Hall–Kier alpha value is -2.89. The summed E-state index contributed by atoms with van der Waals surface area (Å²) in [6.45, 7) is 6.61. The molecule has 29 heavy (non-hydrogen) atoms. The van der Waals surface area contributed by atoms with Crippen LogP contribution in [0.25, 0.3) is 5.69 Å². The Morgan fingerprint density at radius 3 is 2.83 bits per heavy atom. The highest BCUT2D eigenvalue weighted by Gasteiger charge is 2.36. The first kappa shape index (κ1) is 18.2. The summed E-state index contributed by atoms with van der Waals surface area (Å²) in [5.74, 6) is 0.432. The summed E-state index contributed by atoms with van der Waals surface area (Å²) in [7, 11) is 0. The van der Waals surface area contributed by atoms with E-state index in [1.54, 1.807) is 0 Å². The zero-order valence-electron chi connectivity index (χ0n) is 17.2. The first-order chi connectivity index (χ1) is 13.9. The third-order valence-corrected chi connectivity index (χ3v) is 6.18. The van der Waals surface area contributed by atoms with Gasteiger partial charge in [-0.3, -0.25) is 9.89 Å². The van der Waals surface area contributed by atoms with E-state index in [0.717, 1.165) is 29.8 Å². The van der Waals surface area contributed by atoms with Crippen LogP contribution in [-0.4, -0.2) is 25.9 Å².